The van der Waals surface area contributed by atoms with Crippen molar-refractivity contribution in [2.75, 3.05) is 18.6 Å². The lowest BCUT2D eigenvalue weighted by Gasteiger charge is -2.26. The summed E-state index contributed by atoms with van der Waals surface area (Å²) < 4.78 is 10.2. The van der Waals surface area contributed by atoms with Crippen LogP contribution in [0.1, 0.15) is 15.9 Å². The molecule has 1 N–H and O–H groups in total. The monoisotopic (exact) mass is 474 g/mol. The number of ether oxygens (including phenoxy) is 2. The lowest BCUT2D eigenvalue weighted by atomic mass is 10.1. The zero-order valence-corrected chi connectivity index (χ0v) is 18.2. The average molecular weight is 475 g/mol. The highest BCUT2D eigenvalue weighted by Crippen LogP contribution is 2.34. The summed E-state index contributed by atoms with van der Waals surface area (Å²) >= 11 is 12.3. The molecule has 4 amide bonds. The third-order valence-electron chi connectivity index (χ3n) is 4.33. The van der Waals surface area contributed by atoms with Gasteiger partial charge in [0.2, 0.25) is 0 Å². The van der Waals surface area contributed by atoms with Crippen molar-refractivity contribution in [2.45, 2.75) is 0 Å². The number of anilines is 1. The Balaban J connectivity index is 2.03. The van der Waals surface area contributed by atoms with Crippen molar-refractivity contribution in [3.8, 4) is 5.75 Å². The third kappa shape index (κ3) is 4.66. The number of rotatable bonds is 6. The number of hydrogen-bond donors (Lipinski definition) is 1. The molecule has 1 heterocycles. The smallest absolute Gasteiger partial charge is 0.337 e. The third-order valence-corrected chi connectivity index (χ3v) is 4.83. The molecule has 0 bridgehead atoms. The van der Waals surface area contributed by atoms with Crippen molar-refractivity contribution in [3.05, 3.63) is 75.8 Å². The molecule has 2 aromatic rings. The highest BCUT2D eigenvalue weighted by atomic mass is 35.5. The molecule has 32 heavy (non-hydrogen) atoms. The fraction of sp³-hybridized carbons (Fsp3) is 0.0909. The van der Waals surface area contributed by atoms with Crippen molar-refractivity contribution < 1.29 is 28.7 Å². The van der Waals surface area contributed by atoms with Gasteiger partial charge in [0.15, 0.2) is 0 Å². The minimum atomic E-state index is -0.935. The molecule has 8 nitrogen and oxygen atoms in total. The summed E-state index contributed by atoms with van der Waals surface area (Å²) in [7, 11) is 1.23. The van der Waals surface area contributed by atoms with Gasteiger partial charge in [0.25, 0.3) is 11.8 Å². The summed E-state index contributed by atoms with van der Waals surface area (Å²) in [4.78, 5) is 50.3. The standard InChI is InChI=1S/C22H16Cl2N2O6/c1-3-8-32-18-13(9-14(23)11-17(18)24)10-16-19(27)25-22(30)26(20(16)28)15-6-4-12(5-7-15)21(29)31-2/h3-7,9-11H,1,8H2,2H3,(H,25,27,30)/b16-10+. The number of imide groups is 2. The number of nitrogens with one attached hydrogen (secondary N) is 1. The highest BCUT2D eigenvalue weighted by Gasteiger charge is 2.37. The number of methoxy groups -OCH3 is 1. The maximum atomic E-state index is 13.1. The van der Waals surface area contributed by atoms with Crippen molar-refractivity contribution in [3.63, 3.8) is 0 Å². The van der Waals surface area contributed by atoms with Gasteiger partial charge in [0.05, 0.1) is 23.4 Å². The van der Waals surface area contributed by atoms with Gasteiger partial charge >= 0.3 is 12.0 Å². The van der Waals surface area contributed by atoms with Crippen LogP contribution < -0.4 is 15.0 Å². The first-order valence-electron chi connectivity index (χ1n) is 9.09. The average Bonchev–Trinajstić information content (AvgIpc) is 2.75. The SMILES string of the molecule is C=CCOc1c(Cl)cc(Cl)cc1/C=C1\C(=O)NC(=O)N(c2ccc(C(=O)OC)cc2)C1=O. The van der Waals surface area contributed by atoms with Crippen molar-refractivity contribution >= 4 is 58.8 Å². The summed E-state index contributed by atoms with van der Waals surface area (Å²) in [5.41, 5.74) is 0.290. The molecule has 0 atom stereocenters. The Labute approximate surface area is 193 Å². The molecular formula is C22H16Cl2N2O6. The predicted molar refractivity (Wildman–Crippen MR) is 119 cm³/mol. The van der Waals surface area contributed by atoms with Crippen LogP contribution in [0.5, 0.6) is 5.75 Å². The van der Waals surface area contributed by atoms with E-state index in [0.717, 1.165) is 4.90 Å². The maximum absolute atomic E-state index is 13.1. The van der Waals surface area contributed by atoms with Crippen LogP contribution in [0.2, 0.25) is 10.0 Å². The van der Waals surface area contributed by atoms with Crippen LogP contribution in [0.3, 0.4) is 0 Å². The van der Waals surface area contributed by atoms with Crippen LogP contribution in [0, 0.1) is 0 Å². The van der Waals surface area contributed by atoms with Gasteiger partial charge < -0.3 is 9.47 Å². The Morgan fingerprint density at radius 3 is 2.47 bits per heavy atom. The first kappa shape index (κ1) is 23.1. The fourth-order valence-electron chi connectivity index (χ4n) is 2.89. The molecule has 3 rings (SSSR count). The molecule has 1 saturated heterocycles. The molecule has 1 aliphatic rings. The number of esters is 1. The van der Waals surface area contributed by atoms with E-state index in [1.165, 1.54) is 55.7 Å². The predicted octanol–water partition coefficient (Wildman–Crippen LogP) is 4.01. The van der Waals surface area contributed by atoms with E-state index in [0.29, 0.717) is 0 Å². The zero-order chi connectivity index (χ0) is 23.4. The highest BCUT2D eigenvalue weighted by molar-refractivity contribution is 6.40. The van der Waals surface area contributed by atoms with E-state index < -0.39 is 23.8 Å². The van der Waals surface area contributed by atoms with Crippen molar-refractivity contribution in [1.82, 2.24) is 5.32 Å². The van der Waals surface area contributed by atoms with Gasteiger partial charge in [-0.2, -0.15) is 0 Å². The van der Waals surface area contributed by atoms with Crippen LogP contribution in [-0.4, -0.2) is 37.5 Å². The lowest BCUT2D eigenvalue weighted by molar-refractivity contribution is -0.122. The summed E-state index contributed by atoms with van der Waals surface area (Å²) in [6.07, 6.45) is 2.73. The summed E-state index contributed by atoms with van der Waals surface area (Å²) in [6, 6.07) is 7.52. The van der Waals surface area contributed by atoms with E-state index in [-0.39, 0.29) is 44.8 Å². The van der Waals surface area contributed by atoms with E-state index in [2.05, 4.69) is 16.6 Å². The number of barbiturate groups is 1. The zero-order valence-electron chi connectivity index (χ0n) is 16.7. The van der Waals surface area contributed by atoms with E-state index in [4.69, 9.17) is 27.9 Å². The van der Waals surface area contributed by atoms with E-state index in [1.807, 2.05) is 0 Å². The molecule has 0 unspecified atom stereocenters. The van der Waals surface area contributed by atoms with Gasteiger partial charge in [-0.05, 0) is 42.5 Å². The first-order chi connectivity index (χ1) is 15.3. The first-order valence-corrected chi connectivity index (χ1v) is 9.85. The van der Waals surface area contributed by atoms with Gasteiger partial charge in [-0.25, -0.2) is 14.5 Å². The van der Waals surface area contributed by atoms with Crippen molar-refractivity contribution in [1.29, 1.82) is 0 Å². The van der Waals surface area contributed by atoms with Gasteiger partial charge in [0, 0.05) is 10.6 Å². The van der Waals surface area contributed by atoms with Crippen LogP contribution in [-0.2, 0) is 14.3 Å². The Morgan fingerprint density at radius 2 is 1.84 bits per heavy atom. The van der Waals surface area contributed by atoms with E-state index >= 15 is 0 Å². The summed E-state index contributed by atoms with van der Waals surface area (Å²) in [5, 5.41) is 2.53. The van der Waals surface area contributed by atoms with Crippen LogP contribution in [0.4, 0.5) is 10.5 Å². The molecule has 0 aliphatic carbocycles. The minimum Gasteiger partial charge on any atom is -0.487 e. The Bertz CT molecular complexity index is 1160. The molecule has 0 saturated carbocycles. The van der Waals surface area contributed by atoms with Gasteiger partial charge in [0.1, 0.15) is 17.9 Å². The Kier molecular flexibility index (Phi) is 6.97. The number of halogens is 2. The number of benzene rings is 2. The minimum absolute atomic E-state index is 0.120. The summed E-state index contributed by atoms with van der Waals surface area (Å²) in [5.74, 6) is -2.16. The quantitative estimate of drug-likeness (QED) is 0.293. The molecule has 2 aromatic carbocycles. The second-order valence-electron chi connectivity index (χ2n) is 6.40. The van der Waals surface area contributed by atoms with Crippen LogP contribution >= 0.6 is 23.2 Å². The Morgan fingerprint density at radius 1 is 1.16 bits per heavy atom. The lowest BCUT2D eigenvalue weighted by Crippen LogP contribution is -2.54. The van der Waals surface area contributed by atoms with Gasteiger partial charge in [-0.3, -0.25) is 14.9 Å². The van der Waals surface area contributed by atoms with Crippen molar-refractivity contribution in [2.24, 2.45) is 0 Å². The number of amides is 4. The molecule has 1 aliphatic heterocycles. The molecule has 1 fully saturated rings. The molecule has 0 aromatic heterocycles. The number of nitrogens with zero attached hydrogens (tertiary/aromatic N) is 1. The topological polar surface area (TPSA) is 102 Å². The van der Waals surface area contributed by atoms with E-state index in [1.54, 1.807) is 0 Å². The summed E-state index contributed by atoms with van der Waals surface area (Å²) in [6.45, 7) is 3.69. The molecule has 10 heteroatoms. The van der Waals surface area contributed by atoms with Gasteiger partial charge in [-0.1, -0.05) is 35.9 Å². The Hall–Kier alpha value is -3.62. The molecule has 0 radical (unpaired) electrons. The number of hydrogen-bond acceptors (Lipinski definition) is 6. The number of carbonyl (C=O) groups excluding carboxylic acids is 4. The second kappa shape index (κ2) is 9.67. The molecular weight excluding hydrogens is 459 g/mol. The maximum Gasteiger partial charge on any atom is 0.337 e. The second-order valence-corrected chi connectivity index (χ2v) is 7.25. The largest absolute Gasteiger partial charge is 0.487 e. The number of carbonyl (C=O) groups is 4. The van der Waals surface area contributed by atoms with Crippen LogP contribution in [0.25, 0.3) is 6.08 Å². The molecule has 0 spiro atoms. The fourth-order valence-corrected chi connectivity index (χ4v) is 3.46. The normalized spacial score (nSPS) is 14.9. The van der Waals surface area contributed by atoms with E-state index in [9.17, 15) is 19.2 Å². The van der Waals surface area contributed by atoms with Gasteiger partial charge in [-0.15, -0.1) is 0 Å². The van der Waals surface area contributed by atoms with Crippen LogP contribution in [0.15, 0.2) is 54.6 Å². The number of urea groups is 1. The molecule has 164 valence electrons.